The van der Waals surface area contributed by atoms with Crippen molar-refractivity contribution in [2.75, 3.05) is 13.7 Å². The van der Waals surface area contributed by atoms with Gasteiger partial charge in [0.15, 0.2) is 0 Å². The molecule has 0 bridgehead atoms. The summed E-state index contributed by atoms with van der Waals surface area (Å²) in [7, 11) is -2.02. The summed E-state index contributed by atoms with van der Waals surface area (Å²) in [4.78, 5) is 2.54. The number of benzene rings is 1. The summed E-state index contributed by atoms with van der Waals surface area (Å²) in [5.41, 5.74) is 4.54. The molecule has 1 aromatic heterocycles. The maximum atomic E-state index is 12.4. The van der Waals surface area contributed by atoms with Crippen molar-refractivity contribution in [2.45, 2.75) is 39.1 Å². The molecule has 0 fully saturated rings. The van der Waals surface area contributed by atoms with Gasteiger partial charge in [0.05, 0.1) is 17.7 Å². The van der Waals surface area contributed by atoms with Crippen LogP contribution in [0.2, 0.25) is 0 Å². The van der Waals surface area contributed by atoms with Crippen LogP contribution in [0, 0.1) is 27.7 Å². The molecule has 7 heteroatoms. The molecule has 2 aromatic rings. The van der Waals surface area contributed by atoms with Gasteiger partial charge in [0.2, 0.25) is 0 Å². The quantitative estimate of drug-likeness (QED) is 0.607. The molecule has 0 spiro atoms. The Hall–Kier alpha value is -2.12. The van der Waals surface area contributed by atoms with Gasteiger partial charge in [-0.25, -0.2) is 4.83 Å². The Morgan fingerprint density at radius 1 is 1.20 bits per heavy atom. The Kier molecular flexibility index (Phi) is 6.02. The summed E-state index contributed by atoms with van der Waals surface area (Å²) in [5.74, 6) is 0. The van der Waals surface area contributed by atoms with Crippen LogP contribution in [0.1, 0.15) is 28.1 Å². The highest BCUT2D eigenvalue weighted by atomic mass is 32.2. The molecule has 0 atom stereocenters. The van der Waals surface area contributed by atoms with Gasteiger partial charge in [0.1, 0.15) is 0 Å². The molecule has 0 radical (unpaired) electrons. The Balaban J connectivity index is 2.19. The summed E-state index contributed by atoms with van der Waals surface area (Å²) in [6.45, 7) is 8.96. The number of ether oxygens (including phenoxy) is 1. The number of aromatic nitrogens is 1. The van der Waals surface area contributed by atoms with E-state index < -0.39 is 10.0 Å². The first-order valence-electron chi connectivity index (χ1n) is 8.04. The Morgan fingerprint density at radius 3 is 2.60 bits per heavy atom. The van der Waals surface area contributed by atoms with E-state index in [1.165, 1.54) is 6.21 Å². The fourth-order valence-electron chi connectivity index (χ4n) is 2.70. The van der Waals surface area contributed by atoms with Crippen molar-refractivity contribution in [3.63, 3.8) is 0 Å². The van der Waals surface area contributed by atoms with Crippen LogP contribution in [0.25, 0.3) is 0 Å². The lowest BCUT2D eigenvalue weighted by molar-refractivity contribution is 0.186. The number of methoxy groups -OCH3 is 1. The van der Waals surface area contributed by atoms with E-state index in [0.717, 1.165) is 29.1 Å². The van der Waals surface area contributed by atoms with Crippen molar-refractivity contribution in [2.24, 2.45) is 5.10 Å². The van der Waals surface area contributed by atoms with E-state index in [4.69, 9.17) is 4.74 Å². The normalized spacial score (nSPS) is 12.0. The molecule has 2 rings (SSSR count). The van der Waals surface area contributed by atoms with Crippen LogP contribution in [-0.2, 0) is 21.3 Å². The summed E-state index contributed by atoms with van der Waals surface area (Å²) >= 11 is 0. The molecule has 0 aliphatic carbocycles. The van der Waals surface area contributed by atoms with E-state index in [-0.39, 0.29) is 4.90 Å². The SMILES string of the molecule is COCCn1c(C)cc(C=NNS(=O)(=O)c2cc(C)ccc2C)c1C. The molecule has 0 aliphatic rings. The summed E-state index contributed by atoms with van der Waals surface area (Å²) in [6, 6.07) is 7.29. The second-order valence-electron chi connectivity index (χ2n) is 6.09. The molecular formula is C18H25N3O3S. The smallest absolute Gasteiger partial charge is 0.276 e. The third-order valence-corrected chi connectivity index (χ3v) is 5.51. The van der Waals surface area contributed by atoms with Crippen molar-refractivity contribution in [1.82, 2.24) is 9.40 Å². The number of aryl methyl sites for hydroxylation is 3. The van der Waals surface area contributed by atoms with Crippen LogP contribution in [0.4, 0.5) is 0 Å². The fourth-order valence-corrected chi connectivity index (χ4v) is 3.82. The molecule has 136 valence electrons. The molecular weight excluding hydrogens is 338 g/mol. The zero-order valence-corrected chi connectivity index (χ0v) is 16.1. The van der Waals surface area contributed by atoms with Crippen molar-refractivity contribution >= 4 is 16.2 Å². The van der Waals surface area contributed by atoms with E-state index in [1.807, 2.05) is 32.9 Å². The molecule has 1 N–H and O–H groups in total. The Labute approximate surface area is 149 Å². The van der Waals surface area contributed by atoms with Gasteiger partial charge in [0, 0.05) is 30.6 Å². The van der Waals surface area contributed by atoms with E-state index in [1.54, 1.807) is 26.2 Å². The molecule has 0 unspecified atom stereocenters. The Morgan fingerprint density at radius 2 is 1.92 bits per heavy atom. The lowest BCUT2D eigenvalue weighted by Crippen LogP contribution is -2.19. The van der Waals surface area contributed by atoms with Gasteiger partial charge in [-0.15, -0.1) is 0 Å². The van der Waals surface area contributed by atoms with Crippen LogP contribution < -0.4 is 4.83 Å². The second kappa shape index (κ2) is 7.84. The summed E-state index contributed by atoms with van der Waals surface area (Å²) in [5, 5.41) is 3.95. The van der Waals surface area contributed by atoms with E-state index in [9.17, 15) is 8.42 Å². The maximum absolute atomic E-state index is 12.4. The highest BCUT2D eigenvalue weighted by molar-refractivity contribution is 7.89. The van der Waals surface area contributed by atoms with Crippen molar-refractivity contribution in [3.8, 4) is 0 Å². The lowest BCUT2D eigenvalue weighted by Gasteiger charge is -2.08. The Bertz CT molecular complexity index is 883. The topological polar surface area (TPSA) is 72.7 Å². The molecule has 0 amide bonds. The molecule has 1 aromatic carbocycles. The van der Waals surface area contributed by atoms with E-state index in [0.29, 0.717) is 12.2 Å². The zero-order valence-electron chi connectivity index (χ0n) is 15.3. The van der Waals surface area contributed by atoms with Crippen LogP contribution in [-0.4, -0.2) is 32.9 Å². The number of hydrogen-bond donors (Lipinski definition) is 1. The number of hydrazone groups is 1. The van der Waals surface area contributed by atoms with Gasteiger partial charge in [-0.3, -0.25) is 0 Å². The van der Waals surface area contributed by atoms with Crippen LogP contribution in [0.5, 0.6) is 0 Å². The minimum Gasteiger partial charge on any atom is -0.383 e. The number of hydrogen-bond acceptors (Lipinski definition) is 4. The highest BCUT2D eigenvalue weighted by Crippen LogP contribution is 2.17. The maximum Gasteiger partial charge on any atom is 0.276 e. The molecule has 25 heavy (non-hydrogen) atoms. The van der Waals surface area contributed by atoms with Crippen molar-refractivity contribution < 1.29 is 13.2 Å². The average Bonchev–Trinajstić information content (AvgIpc) is 2.81. The molecule has 1 heterocycles. The van der Waals surface area contributed by atoms with E-state index >= 15 is 0 Å². The van der Waals surface area contributed by atoms with Gasteiger partial charge in [-0.05, 0) is 51.0 Å². The minimum absolute atomic E-state index is 0.246. The zero-order chi connectivity index (χ0) is 18.6. The number of nitrogens with one attached hydrogen (secondary N) is 1. The minimum atomic E-state index is -3.69. The van der Waals surface area contributed by atoms with E-state index in [2.05, 4.69) is 14.5 Å². The molecule has 0 saturated heterocycles. The summed E-state index contributed by atoms with van der Waals surface area (Å²) < 4.78 is 32.1. The largest absolute Gasteiger partial charge is 0.383 e. The summed E-state index contributed by atoms with van der Waals surface area (Å²) in [6.07, 6.45) is 1.54. The van der Waals surface area contributed by atoms with Gasteiger partial charge < -0.3 is 9.30 Å². The predicted molar refractivity (Wildman–Crippen MR) is 99.6 cm³/mol. The van der Waals surface area contributed by atoms with Gasteiger partial charge in [-0.2, -0.15) is 13.5 Å². The molecule has 0 aliphatic heterocycles. The first-order chi connectivity index (χ1) is 11.8. The van der Waals surface area contributed by atoms with Crippen LogP contribution >= 0.6 is 0 Å². The number of rotatable bonds is 7. The van der Waals surface area contributed by atoms with Crippen LogP contribution in [0.3, 0.4) is 0 Å². The third kappa shape index (κ3) is 4.49. The first kappa shape index (κ1) is 19.2. The molecule has 0 saturated carbocycles. The standard InChI is InChI=1S/C18H25N3O3S/c1-13-6-7-14(2)18(10-13)25(22,23)20-19-12-17-11-15(3)21(16(17)4)8-9-24-5/h6-7,10-12,20H,8-9H2,1-5H3. The van der Waals surface area contributed by atoms with Crippen LogP contribution in [0.15, 0.2) is 34.3 Å². The molecule has 6 nitrogen and oxygen atoms in total. The number of sulfonamides is 1. The van der Waals surface area contributed by atoms with Crippen molar-refractivity contribution in [1.29, 1.82) is 0 Å². The third-order valence-electron chi connectivity index (χ3n) is 4.14. The predicted octanol–water partition coefficient (Wildman–Crippen LogP) is 2.68. The van der Waals surface area contributed by atoms with Gasteiger partial charge in [-0.1, -0.05) is 12.1 Å². The second-order valence-corrected chi connectivity index (χ2v) is 7.72. The van der Waals surface area contributed by atoms with Gasteiger partial charge in [0.25, 0.3) is 10.0 Å². The van der Waals surface area contributed by atoms with Gasteiger partial charge >= 0.3 is 0 Å². The first-order valence-corrected chi connectivity index (χ1v) is 9.52. The van der Waals surface area contributed by atoms with Crippen molar-refractivity contribution in [3.05, 3.63) is 52.3 Å². The highest BCUT2D eigenvalue weighted by Gasteiger charge is 2.16. The fraction of sp³-hybridized carbons (Fsp3) is 0.389. The number of nitrogens with zero attached hydrogens (tertiary/aromatic N) is 2. The monoisotopic (exact) mass is 363 g/mol. The lowest BCUT2D eigenvalue weighted by atomic mass is 10.2. The average molecular weight is 363 g/mol.